The topological polar surface area (TPSA) is 46.5 Å². The predicted octanol–water partition coefficient (Wildman–Crippen LogP) is 3.63. The highest BCUT2D eigenvalue weighted by molar-refractivity contribution is 5.83. The molecule has 0 aromatic rings. The van der Waals surface area contributed by atoms with Gasteiger partial charge in [0.25, 0.3) is 0 Å². The molecule has 0 aromatic carbocycles. The smallest absolute Gasteiger partial charge is 0.330 e. The maximum absolute atomic E-state index is 11.0. The number of carbonyl (C=O) groups is 1. The number of esters is 1. The Morgan fingerprint density at radius 3 is 2.63 bits per heavy atom. The summed E-state index contributed by atoms with van der Waals surface area (Å²) in [5.41, 5.74) is 0.346. The molecular formula is C16H28O3. The summed E-state index contributed by atoms with van der Waals surface area (Å²) in [7, 11) is 1.37. The molecule has 0 rings (SSSR count). The minimum Gasteiger partial charge on any atom is -0.466 e. The van der Waals surface area contributed by atoms with Gasteiger partial charge in [0.05, 0.1) is 12.7 Å². The summed E-state index contributed by atoms with van der Waals surface area (Å²) < 4.78 is 4.56. The van der Waals surface area contributed by atoms with E-state index in [0.29, 0.717) is 5.92 Å². The Hall–Kier alpha value is -1.09. The molecule has 2 atom stereocenters. The summed E-state index contributed by atoms with van der Waals surface area (Å²) in [6, 6.07) is 0. The fourth-order valence-electron chi connectivity index (χ4n) is 1.63. The Bertz CT molecular complexity index is 327. The molecule has 0 aliphatic heterocycles. The standard InChI is InChI=1S/C16H28O3/c1-6-16(4,18)11-10-13(2)8-7-9-14(3)12-15(17)19-5/h7,9,12-13,18H,6,8,10-11H2,1-5H3. The van der Waals surface area contributed by atoms with Crippen LogP contribution in [0, 0.1) is 5.92 Å². The molecule has 0 heterocycles. The summed E-state index contributed by atoms with van der Waals surface area (Å²) >= 11 is 0. The van der Waals surface area contributed by atoms with E-state index in [1.807, 2.05) is 26.8 Å². The van der Waals surface area contributed by atoms with Crippen molar-refractivity contribution in [3.8, 4) is 0 Å². The van der Waals surface area contributed by atoms with Crippen LogP contribution in [0.25, 0.3) is 0 Å². The predicted molar refractivity (Wildman–Crippen MR) is 78.8 cm³/mol. The van der Waals surface area contributed by atoms with E-state index in [2.05, 4.69) is 17.7 Å². The molecule has 0 fully saturated rings. The normalized spacial score (nSPS) is 17.3. The van der Waals surface area contributed by atoms with Crippen molar-refractivity contribution in [2.75, 3.05) is 7.11 Å². The van der Waals surface area contributed by atoms with E-state index in [0.717, 1.165) is 31.3 Å². The summed E-state index contributed by atoms with van der Waals surface area (Å²) in [5, 5.41) is 9.93. The maximum Gasteiger partial charge on any atom is 0.330 e. The van der Waals surface area contributed by atoms with Gasteiger partial charge in [-0.2, -0.15) is 0 Å². The number of ether oxygens (including phenoxy) is 1. The third-order valence-corrected chi connectivity index (χ3v) is 3.40. The van der Waals surface area contributed by atoms with Crippen molar-refractivity contribution in [1.29, 1.82) is 0 Å². The van der Waals surface area contributed by atoms with Crippen LogP contribution in [0.4, 0.5) is 0 Å². The van der Waals surface area contributed by atoms with Gasteiger partial charge in [-0.25, -0.2) is 4.79 Å². The second kappa shape index (κ2) is 8.92. The summed E-state index contributed by atoms with van der Waals surface area (Å²) in [6.07, 6.45) is 9.05. The second-order valence-corrected chi connectivity index (χ2v) is 5.54. The first-order valence-corrected chi connectivity index (χ1v) is 6.96. The van der Waals surface area contributed by atoms with Crippen LogP contribution in [-0.2, 0) is 9.53 Å². The van der Waals surface area contributed by atoms with Crippen molar-refractivity contribution in [3.63, 3.8) is 0 Å². The van der Waals surface area contributed by atoms with E-state index >= 15 is 0 Å². The summed E-state index contributed by atoms with van der Waals surface area (Å²) in [6.45, 7) is 7.94. The van der Waals surface area contributed by atoms with Gasteiger partial charge in [-0.15, -0.1) is 0 Å². The SMILES string of the molecule is CCC(C)(O)CCC(C)CC=CC(C)=CC(=O)OC. The Balaban J connectivity index is 4.06. The molecule has 0 saturated heterocycles. The average molecular weight is 268 g/mol. The van der Waals surface area contributed by atoms with Crippen molar-refractivity contribution in [2.24, 2.45) is 5.92 Å². The highest BCUT2D eigenvalue weighted by atomic mass is 16.5. The van der Waals surface area contributed by atoms with Crippen molar-refractivity contribution < 1.29 is 14.6 Å². The van der Waals surface area contributed by atoms with Crippen LogP contribution in [0.3, 0.4) is 0 Å². The van der Waals surface area contributed by atoms with E-state index < -0.39 is 5.60 Å². The van der Waals surface area contributed by atoms with Gasteiger partial charge in [-0.05, 0) is 51.0 Å². The molecule has 0 radical (unpaired) electrons. The molecule has 0 aliphatic rings. The van der Waals surface area contributed by atoms with Crippen LogP contribution in [0.1, 0.15) is 53.4 Å². The molecule has 3 heteroatoms. The minimum atomic E-state index is -0.543. The van der Waals surface area contributed by atoms with Gasteiger partial charge in [-0.1, -0.05) is 26.0 Å². The first kappa shape index (κ1) is 17.9. The number of hydrogen-bond donors (Lipinski definition) is 1. The largest absolute Gasteiger partial charge is 0.466 e. The molecular weight excluding hydrogens is 240 g/mol. The molecule has 3 nitrogen and oxygen atoms in total. The lowest BCUT2D eigenvalue weighted by molar-refractivity contribution is -0.134. The monoisotopic (exact) mass is 268 g/mol. The summed E-state index contributed by atoms with van der Waals surface area (Å²) in [5.74, 6) is 0.203. The van der Waals surface area contributed by atoms with Gasteiger partial charge in [0.2, 0.25) is 0 Å². The molecule has 1 N–H and O–H groups in total. The first-order valence-electron chi connectivity index (χ1n) is 6.96. The van der Waals surface area contributed by atoms with Gasteiger partial charge >= 0.3 is 5.97 Å². The summed E-state index contributed by atoms with van der Waals surface area (Å²) in [4.78, 5) is 11.0. The number of carbonyl (C=O) groups excluding carboxylic acids is 1. The van der Waals surface area contributed by atoms with E-state index in [1.165, 1.54) is 13.2 Å². The zero-order valence-electron chi connectivity index (χ0n) is 12.9. The lowest BCUT2D eigenvalue weighted by Gasteiger charge is -2.22. The molecule has 0 bridgehead atoms. The number of allylic oxidation sites excluding steroid dienone is 3. The van der Waals surface area contributed by atoms with Crippen molar-refractivity contribution in [2.45, 2.75) is 59.0 Å². The van der Waals surface area contributed by atoms with Crippen molar-refractivity contribution in [3.05, 3.63) is 23.8 Å². The molecule has 0 spiro atoms. The quantitative estimate of drug-likeness (QED) is 0.415. The molecule has 0 aliphatic carbocycles. The van der Waals surface area contributed by atoms with E-state index in [-0.39, 0.29) is 5.97 Å². The van der Waals surface area contributed by atoms with Gasteiger partial charge < -0.3 is 9.84 Å². The molecule has 0 aromatic heterocycles. The van der Waals surface area contributed by atoms with E-state index in [4.69, 9.17) is 0 Å². The second-order valence-electron chi connectivity index (χ2n) is 5.54. The van der Waals surface area contributed by atoms with Crippen LogP contribution >= 0.6 is 0 Å². The first-order chi connectivity index (χ1) is 8.80. The zero-order chi connectivity index (χ0) is 14.9. The van der Waals surface area contributed by atoms with Crippen LogP contribution in [0.2, 0.25) is 0 Å². The van der Waals surface area contributed by atoms with Crippen LogP contribution < -0.4 is 0 Å². The zero-order valence-corrected chi connectivity index (χ0v) is 12.9. The number of aliphatic hydroxyl groups is 1. The van der Waals surface area contributed by atoms with Gasteiger partial charge in [0, 0.05) is 6.08 Å². The molecule has 110 valence electrons. The third kappa shape index (κ3) is 9.48. The highest BCUT2D eigenvalue weighted by Gasteiger charge is 2.17. The molecule has 2 unspecified atom stereocenters. The Morgan fingerprint density at radius 2 is 2.11 bits per heavy atom. The lowest BCUT2D eigenvalue weighted by Crippen LogP contribution is -2.23. The molecule has 0 saturated carbocycles. The Morgan fingerprint density at radius 1 is 1.47 bits per heavy atom. The van der Waals surface area contributed by atoms with E-state index in [9.17, 15) is 9.90 Å². The van der Waals surface area contributed by atoms with Crippen LogP contribution in [0.15, 0.2) is 23.8 Å². The highest BCUT2D eigenvalue weighted by Crippen LogP contribution is 2.21. The molecule has 19 heavy (non-hydrogen) atoms. The van der Waals surface area contributed by atoms with Gasteiger partial charge in [-0.3, -0.25) is 0 Å². The fourth-order valence-corrected chi connectivity index (χ4v) is 1.63. The number of hydrogen-bond acceptors (Lipinski definition) is 3. The van der Waals surface area contributed by atoms with Crippen molar-refractivity contribution in [1.82, 2.24) is 0 Å². The van der Waals surface area contributed by atoms with Gasteiger partial charge in [0.1, 0.15) is 0 Å². The molecule has 0 amide bonds. The van der Waals surface area contributed by atoms with Crippen LogP contribution in [0.5, 0.6) is 0 Å². The third-order valence-electron chi connectivity index (χ3n) is 3.40. The number of rotatable bonds is 8. The van der Waals surface area contributed by atoms with Gasteiger partial charge in [0.15, 0.2) is 0 Å². The lowest BCUT2D eigenvalue weighted by atomic mass is 9.91. The minimum absolute atomic E-state index is 0.325. The van der Waals surface area contributed by atoms with E-state index in [1.54, 1.807) is 0 Å². The average Bonchev–Trinajstić information content (AvgIpc) is 2.36. The maximum atomic E-state index is 11.0. The number of methoxy groups -OCH3 is 1. The Kier molecular flexibility index (Phi) is 8.41. The Labute approximate surface area is 117 Å². The van der Waals surface area contributed by atoms with Crippen LogP contribution in [-0.4, -0.2) is 23.8 Å². The van der Waals surface area contributed by atoms with Crippen molar-refractivity contribution >= 4 is 5.97 Å². The fraction of sp³-hybridized carbons (Fsp3) is 0.688.